The van der Waals surface area contributed by atoms with E-state index in [1.807, 2.05) is 18.2 Å². The molecule has 6 heteroatoms. The van der Waals surface area contributed by atoms with E-state index >= 15 is 0 Å². The molecule has 2 aromatic rings. The van der Waals surface area contributed by atoms with Crippen molar-refractivity contribution in [3.63, 3.8) is 0 Å². The van der Waals surface area contributed by atoms with Crippen molar-refractivity contribution in [2.24, 2.45) is 11.7 Å². The van der Waals surface area contributed by atoms with Crippen molar-refractivity contribution < 1.29 is 4.79 Å². The summed E-state index contributed by atoms with van der Waals surface area (Å²) in [7, 11) is 0. The summed E-state index contributed by atoms with van der Waals surface area (Å²) in [6, 6.07) is 5.80. The Labute approximate surface area is 109 Å². The van der Waals surface area contributed by atoms with Crippen LogP contribution in [0, 0.1) is 10.7 Å². The van der Waals surface area contributed by atoms with Gasteiger partial charge in [-0.25, -0.2) is 0 Å². The third-order valence-corrected chi connectivity index (χ3v) is 3.55. The number of H-pyrrole nitrogens is 2. The number of carbonyl (C=O) groups excluding carboxylic acids is 1. The van der Waals surface area contributed by atoms with Gasteiger partial charge >= 0.3 is 0 Å². The molecule has 1 amide bonds. The molecule has 1 unspecified atom stereocenters. The van der Waals surface area contributed by atoms with Crippen LogP contribution in [0.5, 0.6) is 0 Å². The molecule has 5 nitrogen and oxygen atoms in total. The molecule has 1 aliphatic heterocycles. The fraction of sp³-hybridized carbons (Fsp3) is 0.333. The summed E-state index contributed by atoms with van der Waals surface area (Å²) in [6.07, 6.45) is 0.539. The average molecular weight is 262 g/mol. The zero-order valence-electron chi connectivity index (χ0n) is 9.77. The molecule has 0 radical (unpaired) electrons. The minimum atomic E-state index is 0.138. The Hall–Kier alpha value is -1.66. The summed E-state index contributed by atoms with van der Waals surface area (Å²) in [4.78, 5) is 19.8. The Morgan fingerprint density at radius 3 is 2.89 bits per heavy atom. The number of carbonyl (C=O) groups is 1. The van der Waals surface area contributed by atoms with Gasteiger partial charge in [0.05, 0.1) is 11.0 Å². The lowest BCUT2D eigenvalue weighted by Gasteiger charge is -2.16. The van der Waals surface area contributed by atoms with Crippen molar-refractivity contribution in [3.05, 3.63) is 23.0 Å². The van der Waals surface area contributed by atoms with Crippen LogP contribution in [-0.4, -0.2) is 29.0 Å². The molecule has 1 saturated heterocycles. The second kappa shape index (κ2) is 4.22. The molecule has 1 atom stereocenters. The predicted octanol–water partition coefficient (Wildman–Crippen LogP) is 1.54. The fourth-order valence-corrected chi connectivity index (χ4v) is 2.60. The number of nitrogens with one attached hydrogen (secondary N) is 2. The van der Waals surface area contributed by atoms with Gasteiger partial charge in [-0.3, -0.25) is 4.79 Å². The van der Waals surface area contributed by atoms with E-state index in [-0.39, 0.29) is 11.8 Å². The number of hydrogen-bond acceptors (Lipinski definition) is 3. The van der Waals surface area contributed by atoms with E-state index < -0.39 is 0 Å². The van der Waals surface area contributed by atoms with Gasteiger partial charge in [-0.15, -0.1) is 0 Å². The number of aromatic amines is 2. The average Bonchev–Trinajstić information content (AvgIpc) is 2.89. The lowest BCUT2D eigenvalue weighted by molar-refractivity contribution is -0.117. The number of amides is 1. The van der Waals surface area contributed by atoms with Crippen LogP contribution in [0.2, 0.25) is 0 Å². The van der Waals surface area contributed by atoms with Gasteiger partial charge in [-0.05, 0) is 42.9 Å². The van der Waals surface area contributed by atoms with E-state index in [9.17, 15) is 4.79 Å². The van der Waals surface area contributed by atoms with Gasteiger partial charge < -0.3 is 20.6 Å². The maximum atomic E-state index is 11.9. The zero-order chi connectivity index (χ0) is 12.7. The first-order valence-electron chi connectivity index (χ1n) is 5.90. The summed E-state index contributed by atoms with van der Waals surface area (Å²) in [5.74, 6) is 0.400. The molecule has 0 aliphatic carbocycles. The standard InChI is InChI=1S/C12H14N4OS/c13-5-7-3-11(17)16(6-7)8-1-2-9-10(4-8)15-12(18)14-9/h1-2,4,7H,3,5-6,13H2,(H2,14,15,18). The van der Waals surface area contributed by atoms with E-state index in [2.05, 4.69) is 9.97 Å². The number of hydrogen-bond donors (Lipinski definition) is 3. The van der Waals surface area contributed by atoms with Crippen LogP contribution in [0.4, 0.5) is 5.69 Å². The highest BCUT2D eigenvalue weighted by Crippen LogP contribution is 2.26. The Bertz CT molecular complexity index is 659. The number of imidazole rings is 1. The summed E-state index contributed by atoms with van der Waals surface area (Å²) >= 11 is 5.04. The summed E-state index contributed by atoms with van der Waals surface area (Å²) in [5.41, 5.74) is 8.39. The zero-order valence-corrected chi connectivity index (χ0v) is 10.6. The number of aromatic nitrogens is 2. The van der Waals surface area contributed by atoms with Crippen LogP contribution in [-0.2, 0) is 4.79 Å². The number of rotatable bonds is 2. The Kier molecular flexibility index (Phi) is 2.68. The van der Waals surface area contributed by atoms with E-state index in [4.69, 9.17) is 18.0 Å². The summed E-state index contributed by atoms with van der Waals surface area (Å²) < 4.78 is 0.592. The molecule has 1 aromatic carbocycles. The van der Waals surface area contributed by atoms with E-state index in [0.717, 1.165) is 16.7 Å². The monoisotopic (exact) mass is 262 g/mol. The summed E-state index contributed by atoms with van der Waals surface area (Å²) in [5, 5.41) is 0. The molecular weight excluding hydrogens is 248 g/mol. The molecule has 2 heterocycles. The first kappa shape index (κ1) is 11.4. The molecule has 3 rings (SSSR count). The minimum absolute atomic E-state index is 0.138. The van der Waals surface area contributed by atoms with E-state index in [1.54, 1.807) is 4.90 Å². The molecule has 94 valence electrons. The van der Waals surface area contributed by atoms with Crippen molar-refractivity contribution >= 4 is 34.8 Å². The lowest BCUT2D eigenvalue weighted by Crippen LogP contribution is -2.25. The Morgan fingerprint density at radius 2 is 2.17 bits per heavy atom. The molecule has 18 heavy (non-hydrogen) atoms. The SMILES string of the molecule is NCC1CC(=O)N(c2ccc3[nH]c(=S)[nH]c3c2)C1. The molecule has 0 saturated carbocycles. The number of fused-ring (bicyclic) bond motifs is 1. The van der Waals surface area contributed by atoms with Crippen LogP contribution >= 0.6 is 12.2 Å². The van der Waals surface area contributed by atoms with Gasteiger partial charge in [0.1, 0.15) is 0 Å². The molecule has 0 bridgehead atoms. The maximum Gasteiger partial charge on any atom is 0.227 e. The number of nitrogens with zero attached hydrogens (tertiary/aromatic N) is 1. The Morgan fingerprint density at radius 1 is 1.39 bits per heavy atom. The smallest absolute Gasteiger partial charge is 0.227 e. The molecule has 0 spiro atoms. The van der Waals surface area contributed by atoms with E-state index in [0.29, 0.717) is 24.3 Å². The lowest BCUT2D eigenvalue weighted by atomic mass is 10.1. The van der Waals surface area contributed by atoms with Crippen LogP contribution in [0.15, 0.2) is 18.2 Å². The maximum absolute atomic E-state index is 11.9. The van der Waals surface area contributed by atoms with Crippen LogP contribution in [0.1, 0.15) is 6.42 Å². The molecule has 1 aliphatic rings. The predicted molar refractivity (Wildman–Crippen MR) is 73.0 cm³/mol. The van der Waals surface area contributed by atoms with Gasteiger partial charge in [0, 0.05) is 18.7 Å². The normalized spacial score (nSPS) is 19.9. The van der Waals surface area contributed by atoms with Crippen molar-refractivity contribution in [1.82, 2.24) is 9.97 Å². The van der Waals surface area contributed by atoms with E-state index in [1.165, 1.54) is 0 Å². The van der Waals surface area contributed by atoms with Crippen molar-refractivity contribution in [2.45, 2.75) is 6.42 Å². The van der Waals surface area contributed by atoms with Crippen LogP contribution in [0.3, 0.4) is 0 Å². The summed E-state index contributed by atoms with van der Waals surface area (Å²) in [6.45, 7) is 1.25. The van der Waals surface area contributed by atoms with Crippen molar-refractivity contribution in [3.8, 4) is 0 Å². The second-order valence-corrected chi connectivity index (χ2v) is 5.03. The molecule has 1 fully saturated rings. The highest BCUT2D eigenvalue weighted by molar-refractivity contribution is 7.71. The molecular formula is C12H14N4OS. The third kappa shape index (κ3) is 1.83. The highest BCUT2D eigenvalue weighted by atomic mass is 32.1. The first-order valence-corrected chi connectivity index (χ1v) is 6.30. The number of anilines is 1. The van der Waals surface area contributed by atoms with Gasteiger partial charge in [-0.1, -0.05) is 0 Å². The van der Waals surface area contributed by atoms with Gasteiger partial charge in [-0.2, -0.15) is 0 Å². The van der Waals surface area contributed by atoms with Crippen LogP contribution in [0.25, 0.3) is 11.0 Å². The second-order valence-electron chi connectivity index (χ2n) is 4.62. The number of nitrogens with two attached hydrogens (primary N) is 1. The van der Waals surface area contributed by atoms with Crippen molar-refractivity contribution in [2.75, 3.05) is 18.0 Å². The van der Waals surface area contributed by atoms with Crippen LogP contribution < -0.4 is 10.6 Å². The molecule has 4 N–H and O–H groups in total. The Balaban J connectivity index is 1.99. The fourth-order valence-electron chi connectivity index (χ4n) is 2.38. The quantitative estimate of drug-likeness (QED) is 0.718. The highest BCUT2D eigenvalue weighted by Gasteiger charge is 2.29. The van der Waals surface area contributed by atoms with Gasteiger partial charge in [0.25, 0.3) is 0 Å². The van der Waals surface area contributed by atoms with Gasteiger partial charge in [0.2, 0.25) is 5.91 Å². The molecule has 1 aromatic heterocycles. The largest absolute Gasteiger partial charge is 0.331 e. The third-order valence-electron chi connectivity index (χ3n) is 3.35. The van der Waals surface area contributed by atoms with Crippen molar-refractivity contribution in [1.29, 1.82) is 0 Å². The first-order chi connectivity index (χ1) is 8.67. The topological polar surface area (TPSA) is 77.9 Å². The van der Waals surface area contributed by atoms with Gasteiger partial charge in [0.15, 0.2) is 4.77 Å². The minimum Gasteiger partial charge on any atom is -0.331 e. The number of benzene rings is 1.